The number of fused-ring (bicyclic) bond motifs is 1. The van der Waals surface area contributed by atoms with Crippen LogP contribution in [0, 0.1) is 5.82 Å². The van der Waals surface area contributed by atoms with Gasteiger partial charge in [-0.25, -0.2) is 32.7 Å². The number of ether oxygens (including phenoxy) is 1. The van der Waals surface area contributed by atoms with E-state index in [0.717, 1.165) is 60.9 Å². The van der Waals surface area contributed by atoms with Gasteiger partial charge in [-0.15, -0.1) is 11.3 Å². The molecule has 1 saturated heterocycles. The van der Waals surface area contributed by atoms with Crippen molar-refractivity contribution in [2.75, 3.05) is 24.2 Å². The van der Waals surface area contributed by atoms with Crippen LogP contribution in [-0.2, 0) is 16.3 Å². The zero-order valence-electron chi connectivity index (χ0n) is 19.3. The number of nitrogens with zero attached hydrogens (tertiary/aromatic N) is 5. The predicted octanol–water partition coefficient (Wildman–Crippen LogP) is 4.30. The summed E-state index contributed by atoms with van der Waals surface area (Å²) in [5.41, 5.74) is 2.56. The number of thiophene rings is 1. The fraction of sp³-hybridized carbons (Fsp3) is 0.333. The second-order valence-corrected chi connectivity index (χ2v) is 11.4. The Balaban J connectivity index is 1.33. The second-order valence-electron chi connectivity index (χ2n) is 8.47. The average molecular weight is 514 g/mol. The first-order valence-electron chi connectivity index (χ1n) is 11.3. The van der Waals surface area contributed by atoms with E-state index in [-0.39, 0.29) is 16.6 Å². The molecule has 0 atom stereocenters. The smallest absolute Gasteiger partial charge is 0.235 e. The molecule has 0 N–H and O–H groups in total. The molecule has 0 spiro atoms. The van der Waals surface area contributed by atoms with Gasteiger partial charge in [0, 0.05) is 61.1 Å². The fourth-order valence-corrected chi connectivity index (χ4v) is 5.66. The molecule has 0 aliphatic carbocycles. The van der Waals surface area contributed by atoms with Gasteiger partial charge in [0.05, 0.1) is 10.4 Å². The van der Waals surface area contributed by atoms with Crippen LogP contribution in [0.2, 0.25) is 0 Å². The van der Waals surface area contributed by atoms with E-state index in [1.54, 1.807) is 5.38 Å². The molecule has 182 valence electrons. The average Bonchev–Trinajstić information content (AvgIpc) is 3.29. The highest BCUT2D eigenvalue weighted by molar-refractivity contribution is 7.90. The third-order valence-electron chi connectivity index (χ3n) is 6.08. The number of hydrogen-bond acceptors (Lipinski definition) is 9. The molecule has 0 radical (unpaired) electrons. The Morgan fingerprint density at radius 2 is 1.86 bits per heavy atom. The van der Waals surface area contributed by atoms with E-state index in [1.165, 1.54) is 29.8 Å². The third kappa shape index (κ3) is 4.83. The summed E-state index contributed by atoms with van der Waals surface area (Å²) >= 11 is 1.38. The minimum absolute atomic E-state index is 0.0180. The maximum atomic E-state index is 14.8. The number of sulfone groups is 1. The van der Waals surface area contributed by atoms with Crippen LogP contribution < -0.4 is 9.64 Å². The molecule has 0 amide bonds. The first-order chi connectivity index (χ1) is 16.8. The summed E-state index contributed by atoms with van der Waals surface area (Å²) in [6.07, 6.45) is 8.69. The molecule has 0 unspecified atom stereocenters. The number of hydrogen-bond donors (Lipinski definition) is 0. The van der Waals surface area contributed by atoms with Gasteiger partial charge in [0.15, 0.2) is 9.84 Å². The normalized spacial score (nSPS) is 15.0. The van der Waals surface area contributed by atoms with Gasteiger partial charge < -0.3 is 9.64 Å². The quantitative estimate of drug-likeness (QED) is 0.376. The topological polar surface area (TPSA) is 98.2 Å². The molecule has 11 heteroatoms. The first kappa shape index (κ1) is 23.6. The summed E-state index contributed by atoms with van der Waals surface area (Å²) in [5, 5.41) is 1.80. The van der Waals surface area contributed by atoms with Crippen LogP contribution >= 0.6 is 11.3 Å². The second kappa shape index (κ2) is 9.46. The third-order valence-corrected chi connectivity index (χ3v) is 8.15. The van der Waals surface area contributed by atoms with Gasteiger partial charge in [0.25, 0.3) is 0 Å². The van der Waals surface area contributed by atoms with Crippen LogP contribution in [-0.4, -0.2) is 53.8 Å². The first-order valence-corrected chi connectivity index (χ1v) is 14.0. The zero-order chi connectivity index (χ0) is 24.6. The molecule has 1 aromatic carbocycles. The van der Waals surface area contributed by atoms with Crippen molar-refractivity contribution in [1.82, 2.24) is 19.9 Å². The fourth-order valence-electron chi connectivity index (χ4n) is 4.07. The molecular weight excluding hydrogens is 489 g/mol. The van der Waals surface area contributed by atoms with E-state index in [4.69, 9.17) is 4.74 Å². The molecule has 3 aromatic heterocycles. The lowest BCUT2D eigenvalue weighted by Crippen LogP contribution is -2.39. The Hall–Kier alpha value is -3.18. The van der Waals surface area contributed by atoms with Crippen molar-refractivity contribution in [3.05, 3.63) is 53.7 Å². The Morgan fingerprint density at radius 3 is 2.51 bits per heavy atom. The standard InChI is InChI=1S/C24H24FN5O3S2/c1-3-15-11-26-24(27-12-15)30-8-6-16(7-9-30)33-23-22-21(28-14-29-23)19(13-34-22)18-5-4-17(10-20(18)25)35(2,31)32/h4-5,10-14,16H,3,6-9H2,1-2H3. The maximum absolute atomic E-state index is 14.8. The zero-order valence-corrected chi connectivity index (χ0v) is 20.9. The number of benzene rings is 1. The van der Waals surface area contributed by atoms with Crippen molar-refractivity contribution in [2.24, 2.45) is 0 Å². The highest BCUT2D eigenvalue weighted by Gasteiger charge is 2.24. The Morgan fingerprint density at radius 1 is 1.11 bits per heavy atom. The number of piperidine rings is 1. The molecule has 4 heterocycles. The molecule has 1 fully saturated rings. The maximum Gasteiger partial charge on any atom is 0.235 e. The van der Waals surface area contributed by atoms with Crippen LogP contribution in [0.25, 0.3) is 21.3 Å². The summed E-state index contributed by atoms with van der Waals surface area (Å²) in [6, 6.07) is 3.92. The lowest BCUT2D eigenvalue weighted by atomic mass is 10.1. The van der Waals surface area contributed by atoms with Crippen LogP contribution in [0.3, 0.4) is 0 Å². The van der Waals surface area contributed by atoms with Crippen molar-refractivity contribution in [3.8, 4) is 17.0 Å². The molecule has 35 heavy (non-hydrogen) atoms. The van der Waals surface area contributed by atoms with Crippen LogP contribution in [0.15, 0.2) is 47.2 Å². The van der Waals surface area contributed by atoms with Crippen molar-refractivity contribution < 1.29 is 17.5 Å². The van der Waals surface area contributed by atoms with E-state index < -0.39 is 15.7 Å². The molecule has 8 nitrogen and oxygen atoms in total. The molecule has 0 saturated carbocycles. The Kier molecular flexibility index (Phi) is 6.37. The Bertz CT molecular complexity index is 1470. The minimum atomic E-state index is -3.50. The number of anilines is 1. The van der Waals surface area contributed by atoms with Crippen LogP contribution in [0.5, 0.6) is 5.88 Å². The highest BCUT2D eigenvalue weighted by Crippen LogP contribution is 2.38. The molecule has 1 aliphatic heterocycles. The van der Waals surface area contributed by atoms with Gasteiger partial charge in [-0.1, -0.05) is 13.0 Å². The molecule has 5 rings (SSSR count). The molecule has 1 aliphatic rings. The van der Waals surface area contributed by atoms with Crippen LogP contribution in [0.4, 0.5) is 10.3 Å². The number of aryl methyl sites for hydroxylation is 1. The van der Waals surface area contributed by atoms with Gasteiger partial charge in [-0.3, -0.25) is 0 Å². The summed E-state index contributed by atoms with van der Waals surface area (Å²) in [5.74, 6) is 0.591. The number of aromatic nitrogens is 4. The molecular formula is C24H24FN5O3S2. The van der Waals surface area contributed by atoms with Crippen molar-refractivity contribution >= 4 is 37.3 Å². The van der Waals surface area contributed by atoms with Gasteiger partial charge in [0.2, 0.25) is 11.8 Å². The predicted molar refractivity (Wildman–Crippen MR) is 133 cm³/mol. The largest absolute Gasteiger partial charge is 0.473 e. The molecule has 4 aromatic rings. The Labute approximate surface area is 206 Å². The van der Waals surface area contributed by atoms with Gasteiger partial charge in [-0.2, -0.15) is 0 Å². The van der Waals surface area contributed by atoms with Crippen molar-refractivity contribution in [2.45, 2.75) is 37.2 Å². The lowest BCUT2D eigenvalue weighted by molar-refractivity contribution is 0.166. The van der Waals surface area contributed by atoms with Crippen molar-refractivity contribution in [1.29, 1.82) is 0 Å². The monoisotopic (exact) mass is 513 g/mol. The van der Waals surface area contributed by atoms with Gasteiger partial charge in [-0.05, 0) is 24.1 Å². The number of halogens is 1. The van der Waals surface area contributed by atoms with E-state index in [1.807, 2.05) is 12.4 Å². The van der Waals surface area contributed by atoms with E-state index in [2.05, 4.69) is 31.8 Å². The summed E-state index contributed by atoms with van der Waals surface area (Å²) in [6.45, 7) is 3.63. The van der Waals surface area contributed by atoms with E-state index in [9.17, 15) is 12.8 Å². The van der Waals surface area contributed by atoms with Gasteiger partial charge in [0.1, 0.15) is 22.9 Å². The SMILES string of the molecule is CCc1cnc(N2CCC(Oc3ncnc4c(-c5ccc(S(C)(=O)=O)cc5F)csc34)CC2)nc1. The van der Waals surface area contributed by atoms with E-state index >= 15 is 0 Å². The summed E-state index contributed by atoms with van der Waals surface area (Å²) in [4.78, 5) is 19.7. The lowest BCUT2D eigenvalue weighted by Gasteiger charge is -2.31. The highest BCUT2D eigenvalue weighted by atomic mass is 32.2. The van der Waals surface area contributed by atoms with E-state index in [0.29, 0.717) is 17.0 Å². The summed E-state index contributed by atoms with van der Waals surface area (Å²) in [7, 11) is -3.50. The molecule has 0 bridgehead atoms. The van der Waals surface area contributed by atoms with Crippen molar-refractivity contribution in [3.63, 3.8) is 0 Å². The number of rotatable bonds is 6. The van der Waals surface area contributed by atoms with Crippen LogP contribution in [0.1, 0.15) is 25.3 Å². The van der Waals surface area contributed by atoms with Gasteiger partial charge >= 0.3 is 0 Å². The minimum Gasteiger partial charge on any atom is -0.473 e. The summed E-state index contributed by atoms with van der Waals surface area (Å²) < 4.78 is 45.3.